The third-order valence-electron chi connectivity index (χ3n) is 2.93. The average molecular weight is 214 g/mol. The quantitative estimate of drug-likeness (QED) is 0.818. The molecule has 16 heavy (non-hydrogen) atoms. The average Bonchev–Trinajstić information content (AvgIpc) is 3.10. The van der Waals surface area contributed by atoms with Gasteiger partial charge in [-0.15, -0.1) is 0 Å². The molecule has 0 unspecified atom stereocenters. The highest BCUT2D eigenvalue weighted by Crippen LogP contribution is 2.41. The number of imidazole rings is 1. The van der Waals surface area contributed by atoms with E-state index in [-0.39, 0.29) is 0 Å². The Morgan fingerprint density at radius 1 is 1.31 bits per heavy atom. The molecule has 2 aromatic heterocycles. The SMILES string of the molecule is NCc1[nH]c(-c2ccncc2)nc1C1CC1. The van der Waals surface area contributed by atoms with Gasteiger partial charge in [0.1, 0.15) is 5.82 Å². The monoisotopic (exact) mass is 214 g/mol. The second-order valence-corrected chi connectivity index (χ2v) is 4.16. The summed E-state index contributed by atoms with van der Waals surface area (Å²) in [5.41, 5.74) is 9.03. The molecule has 3 rings (SSSR count). The van der Waals surface area contributed by atoms with Gasteiger partial charge >= 0.3 is 0 Å². The highest BCUT2D eigenvalue weighted by molar-refractivity contribution is 5.55. The Balaban J connectivity index is 2.02. The predicted molar refractivity (Wildman–Crippen MR) is 61.7 cm³/mol. The number of rotatable bonds is 3. The van der Waals surface area contributed by atoms with Crippen molar-refractivity contribution in [1.82, 2.24) is 15.0 Å². The molecule has 0 radical (unpaired) electrons. The molecule has 0 bridgehead atoms. The van der Waals surface area contributed by atoms with Crippen molar-refractivity contribution in [3.05, 3.63) is 35.9 Å². The molecule has 0 saturated heterocycles. The molecule has 4 nitrogen and oxygen atoms in total. The summed E-state index contributed by atoms with van der Waals surface area (Å²) in [6.45, 7) is 0.532. The van der Waals surface area contributed by atoms with Crippen LogP contribution >= 0.6 is 0 Å². The van der Waals surface area contributed by atoms with Gasteiger partial charge in [0.15, 0.2) is 0 Å². The Kier molecular flexibility index (Phi) is 2.22. The van der Waals surface area contributed by atoms with E-state index >= 15 is 0 Å². The van der Waals surface area contributed by atoms with Crippen molar-refractivity contribution in [2.24, 2.45) is 5.73 Å². The smallest absolute Gasteiger partial charge is 0.137 e. The van der Waals surface area contributed by atoms with E-state index in [2.05, 4.69) is 15.0 Å². The van der Waals surface area contributed by atoms with Gasteiger partial charge in [-0.1, -0.05) is 0 Å². The summed E-state index contributed by atoms with van der Waals surface area (Å²) in [4.78, 5) is 12.0. The van der Waals surface area contributed by atoms with Crippen LogP contribution in [0.4, 0.5) is 0 Å². The summed E-state index contributed by atoms with van der Waals surface area (Å²) < 4.78 is 0. The van der Waals surface area contributed by atoms with Crippen LogP contribution in [0, 0.1) is 0 Å². The van der Waals surface area contributed by atoms with Gasteiger partial charge in [-0.05, 0) is 25.0 Å². The van der Waals surface area contributed by atoms with Gasteiger partial charge in [-0.2, -0.15) is 0 Å². The third kappa shape index (κ3) is 1.61. The number of hydrogen-bond donors (Lipinski definition) is 2. The lowest BCUT2D eigenvalue weighted by molar-refractivity contribution is 0.944. The Bertz CT molecular complexity index is 485. The van der Waals surface area contributed by atoms with Crippen LogP contribution in [0.25, 0.3) is 11.4 Å². The molecule has 2 aromatic rings. The van der Waals surface area contributed by atoms with E-state index in [1.54, 1.807) is 12.4 Å². The van der Waals surface area contributed by atoms with Crippen molar-refractivity contribution < 1.29 is 0 Å². The van der Waals surface area contributed by atoms with Crippen LogP contribution in [0.3, 0.4) is 0 Å². The van der Waals surface area contributed by atoms with Gasteiger partial charge in [-0.3, -0.25) is 4.98 Å². The molecule has 0 aromatic carbocycles. The standard InChI is InChI=1S/C12H14N4/c13-7-10-11(8-1-2-8)16-12(15-10)9-3-5-14-6-4-9/h3-6,8H,1-2,7,13H2,(H,15,16). The lowest BCUT2D eigenvalue weighted by Crippen LogP contribution is -1.99. The summed E-state index contributed by atoms with van der Waals surface area (Å²) in [6, 6.07) is 3.91. The molecule has 2 heterocycles. The Hall–Kier alpha value is -1.68. The second kappa shape index (κ2) is 3.72. The van der Waals surface area contributed by atoms with Crippen LogP contribution in [0.5, 0.6) is 0 Å². The van der Waals surface area contributed by atoms with E-state index in [4.69, 9.17) is 5.73 Å². The maximum Gasteiger partial charge on any atom is 0.137 e. The van der Waals surface area contributed by atoms with Gasteiger partial charge in [0.25, 0.3) is 0 Å². The van der Waals surface area contributed by atoms with Crippen molar-refractivity contribution in [3.63, 3.8) is 0 Å². The number of pyridine rings is 1. The molecule has 1 aliphatic carbocycles. The first kappa shape index (κ1) is 9.54. The molecule has 3 N–H and O–H groups in total. The predicted octanol–water partition coefficient (Wildman–Crippen LogP) is 1.81. The van der Waals surface area contributed by atoms with E-state index in [0.717, 1.165) is 22.8 Å². The number of hydrogen-bond acceptors (Lipinski definition) is 3. The third-order valence-corrected chi connectivity index (χ3v) is 2.93. The molecule has 0 spiro atoms. The van der Waals surface area contributed by atoms with E-state index in [0.29, 0.717) is 12.5 Å². The highest BCUT2D eigenvalue weighted by atomic mass is 15.0. The molecule has 1 aliphatic rings. The van der Waals surface area contributed by atoms with Crippen LogP contribution in [-0.4, -0.2) is 15.0 Å². The minimum atomic E-state index is 0.532. The van der Waals surface area contributed by atoms with Gasteiger partial charge in [0.2, 0.25) is 0 Å². The molecule has 1 fully saturated rings. The van der Waals surface area contributed by atoms with Crippen LogP contribution in [-0.2, 0) is 6.54 Å². The number of nitrogens with two attached hydrogens (primary N) is 1. The number of nitrogens with one attached hydrogen (secondary N) is 1. The van der Waals surface area contributed by atoms with Crippen LogP contribution in [0.15, 0.2) is 24.5 Å². The molecule has 0 aliphatic heterocycles. The van der Waals surface area contributed by atoms with Gasteiger partial charge in [0, 0.05) is 30.4 Å². The topological polar surface area (TPSA) is 67.6 Å². The summed E-state index contributed by atoms with van der Waals surface area (Å²) in [5, 5.41) is 0. The van der Waals surface area contributed by atoms with Crippen molar-refractivity contribution in [2.45, 2.75) is 25.3 Å². The maximum absolute atomic E-state index is 5.72. The molecule has 82 valence electrons. The maximum atomic E-state index is 5.72. The molecular formula is C12H14N4. The van der Waals surface area contributed by atoms with E-state index < -0.39 is 0 Å². The summed E-state index contributed by atoms with van der Waals surface area (Å²) in [7, 11) is 0. The fourth-order valence-electron chi connectivity index (χ4n) is 1.92. The first-order valence-corrected chi connectivity index (χ1v) is 5.57. The second-order valence-electron chi connectivity index (χ2n) is 4.16. The van der Waals surface area contributed by atoms with E-state index in [1.165, 1.54) is 12.8 Å². The zero-order valence-corrected chi connectivity index (χ0v) is 8.98. The summed E-state index contributed by atoms with van der Waals surface area (Å²) in [5.74, 6) is 1.54. The van der Waals surface area contributed by atoms with Crippen molar-refractivity contribution in [3.8, 4) is 11.4 Å². The highest BCUT2D eigenvalue weighted by Gasteiger charge is 2.29. The minimum Gasteiger partial charge on any atom is -0.341 e. The number of aromatic amines is 1. The summed E-state index contributed by atoms with van der Waals surface area (Å²) >= 11 is 0. The van der Waals surface area contributed by atoms with E-state index in [9.17, 15) is 0 Å². The van der Waals surface area contributed by atoms with Crippen LogP contribution in [0.2, 0.25) is 0 Å². The minimum absolute atomic E-state index is 0.532. The molecule has 0 amide bonds. The zero-order valence-electron chi connectivity index (χ0n) is 8.98. The zero-order chi connectivity index (χ0) is 11.0. The van der Waals surface area contributed by atoms with Gasteiger partial charge in [-0.25, -0.2) is 4.98 Å². The molecule has 1 saturated carbocycles. The fourth-order valence-corrected chi connectivity index (χ4v) is 1.92. The first-order chi connectivity index (χ1) is 7.88. The normalized spacial score (nSPS) is 15.3. The number of nitrogens with zero attached hydrogens (tertiary/aromatic N) is 2. The van der Waals surface area contributed by atoms with Crippen molar-refractivity contribution in [2.75, 3.05) is 0 Å². The Morgan fingerprint density at radius 3 is 2.69 bits per heavy atom. The fraction of sp³-hybridized carbons (Fsp3) is 0.333. The van der Waals surface area contributed by atoms with Crippen molar-refractivity contribution in [1.29, 1.82) is 0 Å². The van der Waals surface area contributed by atoms with Gasteiger partial charge in [0.05, 0.1) is 11.4 Å². The molecular weight excluding hydrogens is 200 g/mol. The lowest BCUT2D eigenvalue weighted by Gasteiger charge is -1.94. The van der Waals surface area contributed by atoms with Crippen LogP contribution < -0.4 is 5.73 Å². The molecule has 4 heteroatoms. The first-order valence-electron chi connectivity index (χ1n) is 5.57. The van der Waals surface area contributed by atoms with Gasteiger partial charge < -0.3 is 10.7 Å². The Morgan fingerprint density at radius 2 is 2.06 bits per heavy atom. The Labute approximate surface area is 93.9 Å². The summed E-state index contributed by atoms with van der Waals surface area (Å²) in [6.07, 6.45) is 6.04. The number of H-pyrrole nitrogens is 1. The number of aromatic nitrogens is 3. The van der Waals surface area contributed by atoms with Crippen molar-refractivity contribution >= 4 is 0 Å². The molecule has 0 atom stereocenters. The van der Waals surface area contributed by atoms with Crippen LogP contribution in [0.1, 0.15) is 30.1 Å². The lowest BCUT2D eigenvalue weighted by atomic mass is 10.2. The van der Waals surface area contributed by atoms with E-state index in [1.807, 2.05) is 12.1 Å². The largest absolute Gasteiger partial charge is 0.341 e.